The monoisotopic (exact) mass is 256 g/mol. The molecule has 4 fully saturated rings. The van der Waals surface area contributed by atoms with E-state index in [1.165, 1.54) is 12.8 Å². The molecule has 4 aliphatic carbocycles. The fourth-order valence-electron chi connectivity index (χ4n) is 5.92. The van der Waals surface area contributed by atoms with Gasteiger partial charge in [0.25, 0.3) is 0 Å². The summed E-state index contributed by atoms with van der Waals surface area (Å²) in [5.41, 5.74) is 1.45. The van der Waals surface area contributed by atoms with Gasteiger partial charge in [-0.15, -0.1) is 0 Å². The van der Waals surface area contributed by atoms with Gasteiger partial charge in [-0.3, -0.25) is 0 Å². The quantitative estimate of drug-likeness (QED) is 0.806. The highest BCUT2D eigenvalue weighted by atomic mass is 16.3. The Labute approximate surface area is 116 Å². The number of hydrogen-bond donors (Lipinski definition) is 1. The van der Waals surface area contributed by atoms with Crippen LogP contribution in [0, 0.1) is 28.6 Å². The third-order valence-electron chi connectivity index (χ3n) is 7.08. The van der Waals surface area contributed by atoms with Crippen molar-refractivity contribution >= 4 is 0 Å². The van der Waals surface area contributed by atoms with Gasteiger partial charge in [0.05, 0.1) is 5.60 Å². The number of aliphatic hydroxyl groups is 1. The number of benzene rings is 1. The van der Waals surface area contributed by atoms with Gasteiger partial charge in [0.15, 0.2) is 0 Å². The number of hydrogen-bond acceptors (Lipinski definition) is 1. The highest BCUT2D eigenvalue weighted by molar-refractivity contribution is 5.32. The Morgan fingerprint density at radius 2 is 1.63 bits per heavy atom. The molecule has 5 unspecified atom stereocenters. The van der Waals surface area contributed by atoms with Crippen LogP contribution in [0.5, 0.6) is 0 Å². The SMILES string of the molecule is CC1(C)C2CC3C(O)(c4ccccc4)CC3(C)C1C2. The average molecular weight is 256 g/mol. The lowest BCUT2D eigenvalue weighted by molar-refractivity contribution is -0.313. The van der Waals surface area contributed by atoms with E-state index in [0.29, 0.717) is 16.7 Å². The van der Waals surface area contributed by atoms with E-state index in [9.17, 15) is 5.11 Å². The van der Waals surface area contributed by atoms with Crippen LogP contribution in [0.3, 0.4) is 0 Å². The van der Waals surface area contributed by atoms with E-state index >= 15 is 0 Å². The molecule has 0 saturated heterocycles. The Hall–Kier alpha value is -0.820. The first-order valence-electron chi connectivity index (χ1n) is 7.67. The minimum absolute atomic E-state index is 0.364. The molecule has 1 N–H and O–H groups in total. The van der Waals surface area contributed by atoms with Gasteiger partial charge in [-0.25, -0.2) is 0 Å². The summed E-state index contributed by atoms with van der Waals surface area (Å²) >= 11 is 0. The molecule has 4 saturated carbocycles. The molecule has 0 aliphatic heterocycles. The van der Waals surface area contributed by atoms with Crippen LogP contribution in [0.25, 0.3) is 0 Å². The lowest BCUT2D eigenvalue weighted by atomic mass is 9.30. The standard InChI is InChI=1S/C18H24O/c1-16(2)13-9-14(16)17(3)11-18(19,15(17)10-13)12-7-5-4-6-8-12/h4-8,13-15,19H,9-11H2,1-3H3. The Bertz CT molecular complexity index is 520. The lowest BCUT2D eigenvalue weighted by Gasteiger charge is -2.76. The maximum absolute atomic E-state index is 11.2. The van der Waals surface area contributed by atoms with Crippen LogP contribution in [0.4, 0.5) is 0 Å². The highest BCUT2D eigenvalue weighted by Gasteiger charge is 2.73. The second-order valence-electron chi connectivity index (χ2n) is 8.07. The van der Waals surface area contributed by atoms with Crippen LogP contribution >= 0.6 is 0 Å². The van der Waals surface area contributed by atoms with Gasteiger partial charge >= 0.3 is 0 Å². The minimum Gasteiger partial charge on any atom is -0.385 e. The van der Waals surface area contributed by atoms with E-state index in [0.717, 1.165) is 23.8 Å². The molecule has 1 nitrogen and oxygen atoms in total. The molecule has 5 rings (SSSR count). The smallest absolute Gasteiger partial charge is 0.0935 e. The van der Waals surface area contributed by atoms with Crippen molar-refractivity contribution in [1.29, 1.82) is 0 Å². The predicted octanol–water partition coefficient (Wildman–Crippen LogP) is 3.97. The van der Waals surface area contributed by atoms with E-state index in [2.05, 4.69) is 45.0 Å². The average Bonchev–Trinajstić information content (AvgIpc) is 2.37. The molecular weight excluding hydrogens is 232 g/mol. The summed E-state index contributed by atoms with van der Waals surface area (Å²) in [4.78, 5) is 0. The zero-order valence-electron chi connectivity index (χ0n) is 12.2. The van der Waals surface area contributed by atoms with E-state index in [1.54, 1.807) is 0 Å². The van der Waals surface area contributed by atoms with Crippen molar-refractivity contribution in [3.8, 4) is 0 Å². The topological polar surface area (TPSA) is 20.2 Å². The van der Waals surface area contributed by atoms with Crippen LogP contribution < -0.4 is 0 Å². The Morgan fingerprint density at radius 1 is 1.00 bits per heavy atom. The second-order valence-corrected chi connectivity index (χ2v) is 8.07. The van der Waals surface area contributed by atoms with Gasteiger partial charge in [-0.05, 0) is 53.4 Å². The van der Waals surface area contributed by atoms with Crippen LogP contribution in [-0.4, -0.2) is 5.11 Å². The van der Waals surface area contributed by atoms with Gasteiger partial charge in [-0.1, -0.05) is 51.1 Å². The number of rotatable bonds is 1. The van der Waals surface area contributed by atoms with Crippen molar-refractivity contribution in [2.24, 2.45) is 28.6 Å². The normalized spacial score (nSPS) is 49.8. The Kier molecular flexibility index (Phi) is 2.05. The van der Waals surface area contributed by atoms with Gasteiger partial charge in [0, 0.05) is 0 Å². The van der Waals surface area contributed by atoms with Crippen molar-refractivity contribution in [1.82, 2.24) is 0 Å². The minimum atomic E-state index is -0.552. The molecule has 5 atom stereocenters. The van der Waals surface area contributed by atoms with Crippen LogP contribution in [0.1, 0.15) is 45.6 Å². The summed E-state index contributed by atoms with van der Waals surface area (Å²) in [5, 5.41) is 11.2. The van der Waals surface area contributed by atoms with Crippen molar-refractivity contribution in [2.45, 2.75) is 45.6 Å². The van der Waals surface area contributed by atoms with E-state index in [4.69, 9.17) is 0 Å². The van der Waals surface area contributed by atoms with Crippen molar-refractivity contribution in [3.63, 3.8) is 0 Å². The summed E-state index contributed by atoms with van der Waals surface area (Å²) in [6.45, 7) is 7.30. The summed E-state index contributed by atoms with van der Waals surface area (Å²) in [5.74, 6) is 2.11. The maximum Gasteiger partial charge on any atom is 0.0935 e. The Morgan fingerprint density at radius 3 is 2.21 bits per heavy atom. The van der Waals surface area contributed by atoms with Crippen molar-refractivity contribution < 1.29 is 5.11 Å². The molecule has 4 aliphatic rings. The first kappa shape index (κ1) is 12.0. The van der Waals surface area contributed by atoms with Gasteiger partial charge < -0.3 is 5.11 Å². The summed E-state index contributed by atoms with van der Waals surface area (Å²) < 4.78 is 0. The molecule has 0 heterocycles. The van der Waals surface area contributed by atoms with E-state index in [-0.39, 0.29) is 0 Å². The third-order valence-corrected chi connectivity index (χ3v) is 7.08. The fraction of sp³-hybridized carbons (Fsp3) is 0.667. The van der Waals surface area contributed by atoms with Gasteiger partial charge in [0.1, 0.15) is 0 Å². The van der Waals surface area contributed by atoms with Crippen molar-refractivity contribution in [3.05, 3.63) is 35.9 Å². The first-order chi connectivity index (χ1) is 8.89. The summed E-state index contributed by atoms with van der Waals surface area (Å²) in [7, 11) is 0. The van der Waals surface area contributed by atoms with Gasteiger partial charge in [0.2, 0.25) is 0 Å². The van der Waals surface area contributed by atoms with Gasteiger partial charge in [-0.2, -0.15) is 0 Å². The fourth-order valence-corrected chi connectivity index (χ4v) is 5.92. The predicted molar refractivity (Wildman–Crippen MR) is 76.5 cm³/mol. The van der Waals surface area contributed by atoms with Crippen LogP contribution in [0.15, 0.2) is 30.3 Å². The molecule has 1 heteroatoms. The van der Waals surface area contributed by atoms with Crippen molar-refractivity contribution in [2.75, 3.05) is 0 Å². The molecule has 1 aromatic rings. The lowest BCUT2D eigenvalue weighted by Crippen LogP contribution is -2.72. The maximum atomic E-state index is 11.2. The highest BCUT2D eigenvalue weighted by Crippen LogP contribution is 2.77. The molecule has 102 valence electrons. The molecule has 0 spiro atoms. The molecule has 1 aromatic carbocycles. The van der Waals surface area contributed by atoms with Crippen LogP contribution in [0.2, 0.25) is 0 Å². The summed E-state index contributed by atoms with van der Waals surface area (Å²) in [6.07, 6.45) is 3.56. The molecule has 0 aromatic heterocycles. The molecule has 2 bridgehead atoms. The Balaban J connectivity index is 1.70. The molecule has 0 amide bonds. The van der Waals surface area contributed by atoms with E-state index < -0.39 is 5.60 Å². The molecule has 0 radical (unpaired) electrons. The third kappa shape index (κ3) is 1.21. The second kappa shape index (κ2) is 3.25. The zero-order valence-corrected chi connectivity index (χ0v) is 12.2. The zero-order chi connectivity index (χ0) is 13.5. The van der Waals surface area contributed by atoms with Crippen LogP contribution in [-0.2, 0) is 5.60 Å². The molecule has 19 heavy (non-hydrogen) atoms. The summed E-state index contributed by atoms with van der Waals surface area (Å²) in [6, 6.07) is 10.3. The first-order valence-corrected chi connectivity index (χ1v) is 7.67. The molecular formula is C18H24O. The van der Waals surface area contributed by atoms with E-state index in [1.807, 2.05) is 6.07 Å². The largest absolute Gasteiger partial charge is 0.385 e.